The van der Waals surface area contributed by atoms with Gasteiger partial charge in [-0.25, -0.2) is 9.18 Å². The van der Waals surface area contributed by atoms with Crippen LogP contribution < -0.4 is 10.2 Å². The average Bonchev–Trinajstić information content (AvgIpc) is 2.57. The van der Waals surface area contributed by atoms with E-state index in [-0.39, 0.29) is 11.9 Å². The van der Waals surface area contributed by atoms with Gasteiger partial charge < -0.3 is 15.1 Å². The first kappa shape index (κ1) is 17.2. The molecule has 0 bridgehead atoms. The molecular formula is C18H17ClFN3O2. The highest BCUT2D eigenvalue weighted by atomic mass is 35.5. The molecule has 0 aromatic heterocycles. The van der Waals surface area contributed by atoms with Crippen LogP contribution in [0.25, 0.3) is 0 Å². The van der Waals surface area contributed by atoms with Crippen molar-refractivity contribution in [2.75, 3.05) is 23.3 Å². The van der Waals surface area contributed by atoms with E-state index < -0.39 is 11.9 Å². The Morgan fingerprint density at radius 1 is 1.20 bits per heavy atom. The molecule has 3 rings (SSSR count). The first-order valence-corrected chi connectivity index (χ1v) is 8.23. The number of piperazine rings is 1. The molecule has 25 heavy (non-hydrogen) atoms. The molecule has 1 fully saturated rings. The number of halogens is 2. The van der Waals surface area contributed by atoms with Crippen LogP contribution in [0.2, 0.25) is 5.02 Å². The number of amides is 3. The lowest BCUT2D eigenvalue weighted by molar-refractivity contribution is -0.123. The molecule has 7 heteroatoms. The zero-order chi connectivity index (χ0) is 18.0. The molecular weight excluding hydrogens is 345 g/mol. The van der Waals surface area contributed by atoms with Gasteiger partial charge in [0.15, 0.2) is 0 Å². The quantitative estimate of drug-likeness (QED) is 0.885. The van der Waals surface area contributed by atoms with Crippen molar-refractivity contribution in [3.8, 4) is 0 Å². The van der Waals surface area contributed by atoms with Crippen molar-refractivity contribution in [2.24, 2.45) is 0 Å². The Morgan fingerprint density at radius 2 is 1.96 bits per heavy atom. The van der Waals surface area contributed by atoms with Crippen molar-refractivity contribution >= 4 is 34.9 Å². The van der Waals surface area contributed by atoms with Gasteiger partial charge in [-0.05, 0) is 43.3 Å². The van der Waals surface area contributed by atoms with E-state index in [1.54, 1.807) is 43.3 Å². The van der Waals surface area contributed by atoms with Crippen LogP contribution in [-0.2, 0) is 4.79 Å². The normalized spacial score (nSPS) is 17.6. The van der Waals surface area contributed by atoms with Gasteiger partial charge in [-0.2, -0.15) is 0 Å². The molecule has 1 aliphatic rings. The molecule has 130 valence electrons. The number of hydrogen-bond donors (Lipinski definition) is 1. The van der Waals surface area contributed by atoms with E-state index in [1.165, 1.54) is 21.9 Å². The second-order valence-electron chi connectivity index (χ2n) is 5.78. The van der Waals surface area contributed by atoms with E-state index in [0.29, 0.717) is 29.5 Å². The lowest BCUT2D eigenvalue weighted by atomic mass is 10.1. The molecule has 0 aliphatic carbocycles. The lowest BCUT2D eigenvalue weighted by Crippen LogP contribution is -2.58. The largest absolute Gasteiger partial charge is 0.322 e. The number of rotatable bonds is 2. The maximum Gasteiger partial charge on any atom is 0.322 e. The SMILES string of the molecule is CC1C(=O)N(c2cccc(F)c2)CCN1C(=O)Nc1cccc(Cl)c1. The Morgan fingerprint density at radius 3 is 2.68 bits per heavy atom. The van der Waals surface area contributed by atoms with Crippen LogP contribution in [0.5, 0.6) is 0 Å². The minimum absolute atomic E-state index is 0.252. The minimum atomic E-state index is -0.656. The third-order valence-corrected chi connectivity index (χ3v) is 4.35. The summed E-state index contributed by atoms with van der Waals surface area (Å²) < 4.78 is 13.4. The van der Waals surface area contributed by atoms with Crippen molar-refractivity contribution in [3.05, 3.63) is 59.4 Å². The second kappa shape index (κ2) is 7.11. The Bertz CT molecular complexity index is 814. The number of anilines is 2. The molecule has 0 saturated carbocycles. The van der Waals surface area contributed by atoms with E-state index in [0.717, 1.165) is 0 Å². The number of urea groups is 1. The Hall–Kier alpha value is -2.60. The van der Waals surface area contributed by atoms with E-state index >= 15 is 0 Å². The zero-order valence-corrected chi connectivity index (χ0v) is 14.3. The third kappa shape index (κ3) is 3.74. The van der Waals surface area contributed by atoms with Gasteiger partial charge in [-0.15, -0.1) is 0 Å². The predicted molar refractivity (Wildman–Crippen MR) is 95.4 cm³/mol. The van der Waals surface area contributed by atoms with Gasteiger partial charge in [0.2, 0.25) is 5.91 Å². The summed E-state index contributed by atoms with van der Waals surface area (Å²) in [6.45, 7) is 2.30. The van der Waals surface area contributed by atoms with Crippen LogP contribution in [0.1, 0.15) is 6.92 Å². The van der Waals surface area contributed by atoms with Gasteiger partial charge in [0.25, 0.3) is 0 Å². The molecule has 2 aromatic rings. The third-order valence-electron chi connectivity index (χ3n) is 4.11. The molecule has 1 N–H and O–H groups in total. The molecule has 0 spiro atoms. The topological polar surface area (TPSA) is 52.7 Å². The molecule has 1 unspecified atom stereocenters. The first-order chi connectivity index (χ1) is 12.0. The fourth-order valence-corrected chi connectivity index (χ4v) is 3.00. The molecule has 1 atom stereocenters. The highest BCUT2D eigenvalue weighted by molar-refractivity contribution is 6.30. The van der Waals surface area contributed by atoms with Crippen molar-refractivity contribution in [1.82, 2.24) is 4.90 Å². The van der Waals surface area contributed by atoms with Crippen LogP contribution in [0.15, 0.2) is 48.5 Å². The molecule has 1 aliphatic heterocycles. The van der Waals surface area contributed by atoms with E-state index in [2.05, 4.69) is 5.32 Å². The summed E-state index contributed by atoms with van der Waals surface area (Å²) in [5, 5.41) is 3.25. The van der Waals surface area contributed by atoms with Crippen LogP contribution in [0.3, 0.4) is 0 Å². The fraction of sp³-hybridized carbons (Fsp3) is 0.222. The molecule has 5 nitrogen and oxygen atoms in total. The monoisotopic (exact) mass is 361 g/mol. The maximum absolute atomic E-state index is 13.4. The highest BCUT2D eigenvalue weighted by Crippen LogP contribution is 2.22. The summed E-state index contributed by atoms with van der Waals surface area (Å²) in [6, 6.07) is 11.6. The second-order valence-corrected chi connectivity index (χ2v) is 6.22. The number of benzene rings is 2. The van der Waals surface area contributed by atoms with Crippen LogP contribution in [-0.4, -0.2) is 36.0 Å². The van der Waals surface area contributed by atoms with E-state index in [1.807, 2.05) is 0 Å². The van der Waals surface area contributed by atoms with Crippen molar-refractivity contribution in [1.29, 1.82) is 0 Å². The van der Waals surface area contributed by atoms with Gasteiger partial charge in [-0.1, -0.05) is 23.7 Å². The van der Waals surface area contributed by atoms with Gasteiger partial charge in [0.05, 0.1) is 0 Å². The fourth-order valence-electron chi connectivity index (χ4n) is 2.81. The van der Waals surface area contributed by atoms with Crippen molar-refractivity contribution < 1.29 is 14.0 Å². The van der Waals surface area contributed by atoms with Gasteiger partial charge >= 0.3 is 6.03 Å². The number of hydrogen-bond acceptors (Lipinski definition) is 2. The van der Waals surface area contributed by atoms with Gasteiger partial charge in [0.1, 0.15) is 11.9 Å². The number of nitrogens with one attached hydrogen (secondary N) is 1. The Kier molecular flexibility index (Phi) is 4.90. The predicted octanol–water partition coefficient (Wildman–Crippen LogP) is 3.75. The highest BCUT2D eigenvalue weighted by Gasteiger charge is 2.35. The number of carbonyl (C=O) groups is 2. The standard InChI is InChI=1S/C18H17ClFN3O2/c1-12-17(24)23(16-7-3-5-14(20)11-16)9-8-22(12)18(25)21-15-6-2-4-13(19)10-15/h2-7,10-12H,8-9H2,1H3,(H,21,25). The summed E-state index contributed by atoms with van der Waals surface area (Å²) in [5.74, 6) is -0.655. The van der Waals surface area contributed by atoms with Gasteiger partial charge in [0, 0.05) is 29.5 Å². The number of carbonyl (C=O) groups excluding carboxylic acids is 2. The Balaban J connectivity index is 1.72. The molecule has 2 aromatic carbocycles. The van der Waals surface area contributed by atoms with E-state index in [9.17, 15) is 14.0 Å². The summed E-state index contributed by atoms with van der Waals surface area (Å²) in [5.41, 5.74) is 1.05. The lowest BCUT2D eigenvalue weighted by Gasteiger charge is -2.39. The van der Waals surface area contributed by atoms with Gasteiger partial charge in [-0.3, -0.25) is 4.79 Å². The summed E-state index contributed by atoms with van der Waals surface area (Å²) in [4.78, 5) is 28.0. The average molecular weight is 362 g/mol. The summed E-state index contributed by atoms with van der Waals surface area (Å²) >= 11 is 5.91. The van der Waals surface area contributed by atoms with Crippen LogP contribution in [0, 0.1) is 5.82 Å². The van der Waals surface area contributed by atoms with Crippen LogP contribution >= 0.6 is 11.6 Å². The summed E-state index contributed by atoms with van der Waals surface area (Å²) in [6.07, 6.45) is 0. The first-order valence-electron chi connectivity index (χ1n) is 7.86. The maximum atomic E-state index is 13.4. The Labute approximate surface area is 150 Å². The van der Waals surface area contributed by atoms with Crippen molar-refractivity contribution in [2.45, 2.75) is 13.0 Å². The molecule has 3 amide bonds. The van der Waals surface area contributed by atoms with Crippen molar-refractivity contribution in [3.63, 3.8) is 0 Å². The number of nitrogens with zero attached hydrogens (tertiary/aromatic N) is 2. The van der Waals surface area contributed by atoms with Crippen LogP contribution in [0.4, 0.5) is 20.6 Å². The smallest absolute Gasteiger partial charge is 0.311 e. The molecule has 1 heterocycles. The summed E-state index contributed by atoms with van der Waals surface area (Å²) in [7, 11) is 0. The minimum Gasteiger partial charge on any atom is -0.311 e. The molecule has 0 radical (unpaired) electrons. The zero-order valence-electron chi connectivity index (χ0n) is 13.6. The van der Waals surface area contributed by atoms with E-state index in [4.69, 9.17) is 11.6 Å². The molecule has 1 saturated heterocycles.